The summed E-state index contributed by atoms with van der Waals surface area (Å²) in [6.07, 6.45) is 0.883. The van der Waals surface area contributed by atoms with E-state index in [1.807, 2.05) is 6.92 Å². The molecule has 0 aromatic carbocycles. The molecule has 11 heavy (non-hydrogen) atoms. The van der Waals surface area contributed by atoms with Crippen LogP contribution in [0.3, 0.4) is 0 Å². The van der Waals surface area contributed by atoms with Gasteiger partial charge in [0, 0.05) is 6.04 Å². The van der Waals surface area contributed by atoms with E-state index in [1.165, 1.54) is 0 Å². The van der Waals surface area contributed by atoms with E-state index >= 15 is 0 Å². The maximum absolute atomic E-state index is 8.64. The maximum Gasteiger partial charge on any atom is 0.0952 e. The lowest BCUT2D eigenvalue weighted by Gasteiger charge is -2.19. The Morgan fingerprint density at radius 2 is 1.91 bits per heavy atom. The Kier molecular flexibility index (Phi) is 4.89. The summed E-state index contributed by atoms with van der Waals surface area (Å²) in [5, 5.41) is 11.9. The van der Waals surface area contributed by atoms with Gasteiger partial charge < -0.3 is 0 Å². The Hall–Kier alpha value is -0.550. The third kappa shape index (κ3) is 4.00. The fourth-order valence-corrected chi connectivity index (χ4v) is 0.756. The van der Waals surface area contributed by atoms with Crippen LogP contribution in [0.2, 0.25) is 0 Å². The van der Waals surface area contributed by atoms with Crippen molar-refractivity contribution in [1.29, 1.82) is 5.26 Å². The van der Waals surface area contributed by atoms with Crippen molar-refractivity contribution in [1.82, 2.24) is 5.32 Å². The van der Waals surface area contributed by atoms with Gasteiger partial charge in [0.1, 0.15) is 0 Å². The van der Waals surface area contributed by atoms with Gasteiger partial charge in [0.15, 0.2) is 0 Å². The van der Waals surface area contributed by atoms with Crippen molar-refractivity contribution < 1.29 is 0 Å². The molecule has 0 bridgehead atoms. The molecule has 2 atom stereocenters. The first-order valence-corrected chi connectivity index (χ1v) is 4.27. The molecule has 2 nitrogen and oxygen atoms in total. The van der Waals surface area contributed by atoms with E-state index in [1.54, 1.807) is 0 Å². The van der Waals surface area contributed by atoms with Crippen LogP contribution in [0.4, 0.5) is 0 Å². The van der Waals surface area contributed by atoms with E-state index in [9.17, 15) is 0 Å². The topological polar surface area (TPSA) is 35.8 Å². The minimum atomic E-state index is 0.0207. The molecule has 0 saturated heterocycles. The van der Waals surface area contributed by atoms with Crippen molar-refractivity contribution in [2.45, 2.75) is 46.2 Å². The van der Waals surface area contributed by atoms with Crippen molar-refractivity contribution in [2.75, 3.05) is 0 Å². The van der Waals surface area contributed by atoms with Gasteiger partial charge in [-0.25, -0.2) is 0 Å². The Morgan fingerprint density at radius 3 is 2.18 bits per heavy atom. The molecule has 0 saturated carbocycles. The molecular weight excluding hydrogens is 136 g/mol. The summed E-state index contributed by atoms with van der Waals surface area (Å²) in [6, 6.07) is 2.68. The third-order valence-electron chi connectivity index (χ3n) is 2.03. The van der Waals surface area contributed by atoms with E-state index in [2.05, 4.69) is 32.2 Å². The quantitative estimate of drug-likeness (QED) is 0.671. The molecule has 0 heterocycles. The van der Waals surface area contributed by atoms with Gasteiger partial charge in [0.25, 0.3) is 0 Å². The number of rotatable bonds is 4. The smallest absolute Gasteiger partial charge is 0.0952 e. The zero-order valence-corrected chi connectivity index (χ0v) is 7.89. The van der Waals surface area contributed by atoms with Gasteiger partial charge >= 0.3 is 0 Å². The third-order valence-corrected chi connectivity index (χ3v) is 2.03. The van der Waals surface area contributed by atoms with Crippen LogP contribution in [-0.4, -0.2) is 12.1 Å². The van der Waals surface area contributed by atoms with Gasteiger partial charge in [0.05, 0.1) is 12.1 Å². The molecule has 64 valence electrons. The van der Waals surface area contributed by atoms with Crippen molar-refractivity contribution in [3.8, 4) is 6.07 Å². The summed E-state index contributed by atoms with van der Waals surface area (Å²) in [5.41, 5.74) is 0. The lowest BCUT2D eigenvalue weighted by Crippen LogP contribution is -2.38. The van der Waals surface area contributed by atoms with Crippen molar-refractivity contribution in [2.24, 2.45) is 5.92 Å². The SMILES string of the molecule is CCC(C#N)NC(C)C(C)C. The molecule has 0 rings (SSSR count). The summed E-state index contributed by atoms with van der Waals surface area (Å²) < 4.78 is 0. The first kappa shape index (κ1) is 10.4. The van der Waals surface area contributed by atoms with Gasteiger partial charge in [-0.1, -0.05) is 20.8 Å². The molecule has 0 aromatic rings. The highest BCUT2D eigenvalue weighted by molar-refractivity contribution is 4.90. The standard InChI is InChI=1S/C9H18N2/c1-5-9(6-10)11-8(4)7(2)3/h7-9,11H,5H2,1-4H3. The van der Waals surface area contributed by atoms with E-state index in [-0.39, 0.29) is 6.04 Å². The van der Waals surface area contributed by atoms with Crippen LogP contribution in [0.25, 0.3) is 0 Å². The Bertz CT molecular complexity index is 135. The van der Waals surface area contributed by atoms with Crippen LogP contribution in [-0.2, 0) is 0 Å². The molecular formula is C9H18N2. The second-order valence-corrected chi connectivity index (χ2v) is 3.29. The fourth-order valence-electron chi connectivity index (χ4n) is 0.756. The highest BCUT2D eigenvalue weighted by Gasteiger charge is 2.11. The molecule has 2 unspecified atom stereocenters. The fraction of sp³-hybridized carbons (Fsp3) is 0.889. The van der Waals surface area contributed by atoms with Crippen molar-refractivity contribution in [3.63, 3.8) is 0 Å². The lowest BCUT2D eigenvalue weighted by atomic mass is 10.1. The van der Waals surface area contributed by atoms with Crippen molar-refractivity contribution >= 4 is 0 Å². The van der Waals surface area contributed by atoms with Gasteiger partial charge in [0.2, 0.25) is 0 Å². The number of hydrogen-bond donors (Lipinski definition) is 1. The van der Waals surface area contributed by atoms with Crippen LogP contribution in [0.15, 0.2) is 0 Å². The lowest BCUT2D eigenvalue weighted by molar-refractivity contribution is 0.399. The molecule has 0 spiro atoms. The molecule has 0 amide bonds. The molecule has 1 N–H and O–H groups in total. The van der Waals surface area contributed by atoms with E-state index in [4.69, 9.17) is 5.26 Å². The zero-order valence-electron chi connectivity index (χ0n) is 7.89. The second-order valence-electron chi connectivity index (χ2n) is 3.29. The monoisotopic (exact) mass is 154 g/mol. The van der Waals surface area contributed by atoms with Crippen LogP contribution in [0.5, 0.6) is 0 Å². The molecule has 0 aliphatic rings. The molecule has 0 aliphatic heterocycles. The largest absolute Gasteiger partial charge is 0.299 e. The zero-order chi connectivity index (χ0) is 8.85. The van der Waals surface area contributed by atoms with E-state index in [0.29, 0.717) is 12.0 Å². The average molecular weight is 154 g/mol. The van der Waals surface area contributed by atoms with Crippen LogP contribution in [0.1, 0.15) is 34.1 Å². The summed E-state index contributed by atoms with van der Waals surface area (Å²) >= 11 is 0. The minimum Gasteiger partial charge on any atom is -0.299 e. The normalized spacial score (nSPS) is 16.0. The molecule has 0 fully saturated rings. The average Bonchev–Trinajstić information content (AvgIpc) is 1.99. The Balaban J connectivity index is 3.74. The maximum atomic E-state index is 8.64. The molecule has 2 heteroatoms. The number of nitrogens with one attached hydrogen (secondary N) is 1. The van der Waals surface area contributed by atoms with Gasteiger partial charge in [-0.2, -0.15) is 5.26 Å². The first-order chi connectivity index (χ1) is 5.11. The predicted octanol–water partition coefficient (Wildman–Crippen LogP) is 1.92. The van der Waals surface area contributed by atoms with Crippen molar-refractivity contribution in [3.05, 3.63) is 0 Å². The number of nitrogens with zero attached hydrogens (tertiary/aromatic N) is 1. The van der Waals surface area contributed by atoms with Gasteiger partial charge in [-0.15, -0.1) is 0 Å². The summed E-state index contributed by atoms with van der Waals surface area (Å²) in [6.45, 7) is 8.45. The number of nitriles is 1. The van der Waals surface area contributed by atoms with E-state index in [0.717, 1.165) is 6.42 Å². The predicted molar refractivity (Wildman–Crippen MR) is 47.1 cm³/mol. The Labute approximate surface area is 69.6 Å². The minimum absolute atomic E-state index is 0.0207. The van der Waals surface area contributed by atoms with Gasteiger partial charge in [-0.3, -0.25) is 5.32 Å². The summed E-state index contributed by atoms with van der Waals surface area (Å²) in [4.78, 5) is 0. The highest BCUT2D eigenvalue weighted by atomic mass is 14.9. The molecule has 0 aliphatic carbocycles. The van der Waals surface area contributed by atoms with Crippen LogP contribution in [0, 0.1) is 17.2 Å². The second kappa shape index (κ2) is 5.15. The summed E-state index contributed by atoms with van der Waals surface area (Å²) in [5.74, 6) is 0.595. The van der Waals surface area contributed by atoms with E-state index < -0.39 is 0 Å². The first-order valence-electron chi connectivity index (χ1n) is 4.27. The molecule has 0 aromatic heterocycles. The highest BCUT2D eigenvalue weighted by Crippen LogP contribution is 2.02. The van der Waals surface area contributed by atoms with Crippen LogP contribution >= 0.6 is 0 Å². The van der Waals surface area contributed by atoms with Gasteiger partial charge in [-0.05, 0) is 19.3 Å². The Morgan fingerprint density at radius 1 is 1.36 bits per heavy atom. The van der Waals surface area contributed by atoms with Crippen LogP contribution < -0.4 is 5.32 Å². The number of hydrogen-bond acceptors (Lipinski definition) is 2. The summed E-state index contributed by atoms with van der Waals surface area (Å²) in [7, 11) is 0. The molecule has 0 radical (unpaired) electrons.